The van der Waals surface area contributed by atoms with Crippen LogP contribution >= 0.6 is 0 Å². The van der Waals surface area contributed by atoms with E-state index in [0.717, 1.165) is 47.1 Å². The number of anilines is 1. The van der Waals surface area contributed by atoms with Gasteiger partial charge in [0.1, 0.15) is 0 Å². The molecule has 0 aliphatic carbocycles. The monoisotopic (exact) mass is 345 g/mol. The van der Waals surface area contributed by atoms with Crippen molar-refractivity contribution >= 4 is 5.95 Å². The van der Waals surface area contributed by atoms with Crippen molar-refractivity contribution in [2.45, 2.75) is 26.7 Å². The number of hydrogen-bond donors (Lipinski definition) is 0. The molecular formula is C21H23N5. The third-order valence-electron chi connectivity index (χ3n) is 4.89. The lowest BCUT2D eigenvalue weighted by Gasteiger charge is -2.31. The van der Waals surface area contributed by atoms with Gasteiger partial charge in [0.05, 0.1) is 5.69 Å². The van der Waals surface area contributed by atoms with Gasteiger partial charge in [-0.05, 0) is 55.5 Å². The van der Waals surface area contributed by atoms with Gasteiger partial charge < -0.3 is 4.90 Å². The first-order valence-electron chi connectivity index (χ1n) is 9.16. The quantitative estimate of drug-likeness (QED) is 0.714. The average molecular weight is 345 g/mol. The highest BCUT2D eigenvalue weighted by Crippen LogP contribution is 2.31. The van der Waals surface area contributed by atoms with E-state index in [1.165, 1.54) is 12.8 Å². The maximum atomic E-state index is 4.96. The third kappa shape index (κ3) is 3.43. The van der Waals surface area contributed by atoms with Crippen molar-refractivity contribution in [3.8, 4) is 22.4 Å². The second-order valence-electron chi connectivity index (χ2n) is 7.05. The van der Waals surface area contributed by atoms with E-state index in [4.69, 9.17) is 9.97 Å². The van der Waals surface area contributed by atoms with Crippen LogP contribution in [0.3, 0.4) is 0 Å². The van der Waals surface area contributed by atoms with Crippen LogP contribution < -0.4 is 4.90 Å². The lowest BCUT2D eigenvalue weighted by Crippen LogP contribution is -2.35. The van der Waals surface area contributed by atoms with Gasteiger partial charge in [-0.1, -0.05) is 6.92 Å². The summed E-state index contributed by atoms with van der Waals surface area (Å²) in [5.74, 6) is 1.49. The molecule has 132 valence electrons. The molecular weight excluding hydrogens is 322 g/mol. The van der Waals surface area contributed by atoms with Crippen LogP contribution in [0, 0.1) is 12.8 Å². The van der Waals surface area contributed by atoms with Crippen molar-refractivity contribution in [3.63, 3.8) is 0 Å². The molecule has 0 unspecified atom stereocenters. The Hall–Kier alpha value is -2.82. The molecule has 1 aliphatic heterocycles. The molecule has 26 heavy (non-hydrogen) atoms. The first-order chi connectivity index (χ1) is 12.7. The number of rotatable bonds is 3. The minimum atomic E-state index is 0.678. The Bertz CT molecular complexity index is 877. The predicted molar refractivity (Wildman–Crippen MR) is 104 cm³/mol. The summed E-state index contributed by atoms with van der Waals surface area (Å²) < 4.78 is 0. The number of nitrogens with zero attached hydrogens (tertiary/aromatic N) is 5. The third-order valence-corrected chi connectivity index (χ3v) is 4.89. The number of hydrogen-bond acceptors (Lipinski definition) is 5. The Morgan fingerprint density at radius 3 is 2.58 bits per heavy atom. The number of piperidine rings is 1. The summed E-state index contributed by atoms with van der Waals surface area (Å²) in [7, 11) is 0. The second-order valence-corrected chi connectivity index (χ2v) is 7.05. The first kappa shape index (κ1) is 16.6. The fourth-order valence-electron chi connectivity index (χ4n) is 3.47. The summed E-state index contributed by atoms with van der Waals surface area (Å²) in [6, 6.07) is 8.09. The molecule has 0 N–H and O–H groups in total. The summed E-state index contributed by atoms with van der Waals surface area (Å²) in [5, 5.41) is 0. The van der Waals surface area contributed by atoms with Crippen LogP contribution in [-0.4, -0.2) is 33.0 Å². The molecule has 1 atom stereocenters. The molecule has 0 radical (unpaired) electrons. The average Bonchev–Trinajstić information content (AvgIpc) is 2.69. The zero-order valence-corrected chi connectivity index (χ0v) is 15.3. The highest BCUT2D eigenvalue weighted by Gasteiger charge is 2.20. The Morgan fingerprint density at radius 1 is 1.00 bits per heavy atom. The Kier molecular flexibility index (Phi) is 4.61. The fourth-order valence-corrected chi connectivity index (χ4v) is 3.47. The van der Waals surface area contributed by atoms with E-state index >= 15 is 0 Å². The van der Waals surface area contributed by atoms with Crippen LogP contribution in [0.15, 0.2) is 49.1 Å². The van der Waals surface area contributed by atoms with E-state index in [-0.39, 0.29) is 0 Å². The van der Waals surface area contributed by atoms with Gasteiger partial charge in [-0.25, -0.2) is 9.97 Å². The van der Waals surface area contributed by atoms with E-state index in [2.05, 4.69) is 27.9 Å². The molecule has 0 aromatic carbocycles. The molecule has 3 aromatic heterocycles. The molecule has 0 bridgehead atoms. The van der Waals surface area contributed by atoms with Crippen molar-refractivity contribution in [1.82, 2.24) is 19.9 Å². The standard InChI is InChI=1S/C21H23N5/c1-15-4-3-11-26(14-15)21-24-13-19(17-7-9-22-10-8-17)20(25-21)18-6-5-16(2)23-12-18/h5-10,12-13,15H,3-4,11,14H2,1-2H3/t15-/m0/s1. The molecule has 1 aliphatic rings. The van der Waals surface area contributed by atoms with Crippen molar-refractivity contribution in [3.05, 3.63) is 54.7 Å². The highest BCUT2D eigenvalue weighted by atomic mass is 15.3. The maximum Gasteiger partial charge on any atom is 0.225 e. The topological polar surface area (TPSA) is 54.8 Å². The highest BCUT2D eigenvalue weighted by molar-refractivity contribution is 5.80. The maximum absolute atomic E-state index is 4.96. The molecule has 1 saturated heterocycles. The van der Waals surface area contributed by atoms with Gasteiger partial charge >= 0.3 is 0 Å². The van der Waals surface area contributed by atoms with Crippen LogP contribution in [-0.2, 0) is 0 Å². The summed E-state index contributed by atoms with van der Waals surface area (Å²) in [6.45, 7) is 6.32. The van der Waals surface area contributed by atoms with E-state index in [1.807, 2.05) is 37.5 Å². The molecule has 5 nitrogen and oxygen atoms in total. The van der Waals surface area contributed by atoms with Gasteiger partial charge in [0, 0.05) is 54.7 Å². The molecule has 5 heteroatoms. The van der Waals surface area contributed by atoms with E-state index in [9.17, 15) is 0 Å². The Balaban J connectivity index is 1.80. The van der Waals surface area contributed by atoms with Gasteiger partial charge in [-0.15, -0.1) is 0 Å². The van der Waals surface area contributed by atoms with Gasteiger partial charge in [0.15, 0.2) is 0 Å². The molecule has 4 rings (SSSR count). The zero-order chi connectivity index (χ0) is 17.9. The minimum Gasteiger partial charge on any atom is -0.341 e. The summed E-state index contributed by atoms with van der Waals surface area (Å²) in [5.41, 5.74) is 5.00. The van der Waals surface area contributed by atoms with Crippen LogP contribution in [0.5, 0.6) is 0 Å². The van der Waals surface area contributed by atoms with Crippen molar-refractivity contribution < 1.29 is 0 Å². The minimum absolute atomic E-state index is 0.678. The van der Waals surface area contributed by atoms with Crippen molar-refractivity contribution in [2.75, 3.05) is 18.0 Å². The summed E-state index contributed by atoms with van der Waals surface area (Å²) in [6.07, 6.45) is 9.90. The molecule has 0 saturated carbocycles. The largest absolute Gasteiger partial charge is 0.341 e. The molecule has 1 fully saturated rings. The Labute approximate surface area is 154 Å². The smallest absolute Gasteiger partial charge is 0.225 e. The second kappa shape index (κ2) is 7.20. The van der Waals surface area contributed by atoms with Gasteiger partial charge in [0.2, 0.25) is 5.95 Å². The molecule has 3 aromatic rings. The van der Waals surface area contributed by atoms with E-state index in [0.29, 0.717) is 5.92 Å². The summed E-state index contributed by atoms with van der Waals surface area (Å²) >= 11 is 0. The zero-order valence-electron chi connectivity index (χ0n) is 15.3. The first-order valence-corrected chi connectivity index (χ1v) is 9.16. The molecule has 0 amide bonds. The number of aryl methyl sites for hydroxylation is 1. The fraction of sp³-hybridized carbons (Fsp3) is 0.333. The predicted octanol–water partition coefficient (Wildman–Crippen LogP) is 4.15. The van der Waals surface area contributed by atoms with E-state index < -0.39 is 0 Å². The van der Waals surface area contributed by atoms with Crippen LogP contribution in [0.2, 0.25) is 0 Å². The lowest BCUT2D eigenvalue weighted by atomic mass is 10.0. The van der Waals surface area contributed by atoms with Gasteiger partial charge in [-0.3, -0.25) is 9.97 Å². The van der Waals surface area contributed by atoms with Crippen LogP contribution in [0.4, 0.5) is 5.95 Å². The molecule has 4 heterocycles. The SMILES string of the molecule is Cc1ccc(-c2nc(N3CCC[C@H](C)C3)ncc2-c2ccncc2)cn1. The normalized spacial score (nSPS) is 17.3. The van der Waals surface area contributed by atoms with Crippen molar-refractivity contribution in [1.29, 1.82) is 0 Å². The number of aromatic nitrogens is 4. The number of pyridine rings is 2. The molecule has 0 spiro atoms. The van der Waals surface area contributed by atoms with Gasteiger partial charge in [-0.2, -0.15) is 0 Å². The van der Waals surface area contributed by atoms with Crippen molar-refractivity contribution in [2.24, 2.45) is 5.92 Å². The van der Waals surface area contributed by atoms with Gasteiger partial charge in [0.25, 0.3) is 0 Å². The summed E-state index contributed by atoms with van der Waals surface area (Å²) in [4.78, 5) is 20.5. The van der Waals surface area contributed by atoms with E-state index in [1.54, 1.807) is 12.4 Å². The van der Waals surface area contributed by atoms with Crippen LogP contribution in [0.25, 0.3) is 22.4 Å². The van der Waals surface area contributed by atoms with Crippen LogP contribution in [0.1, 0.15) is 25.5 Å². The lowest BCUT2D eigenvalue weighted by molar-refractivity contribution is 0.442. The Morgan fingerprint density at radius 2 is 1.85 bits per heavy atom.